The average molecular weight is 570 g/mol. The third-order valence-corrected chi connectivity index (χ3v) is 7.09. The number of hydrogen-bond acceptors (Lipinski definition) is 6. The summed E-state index contributed by atoms with van der Waals surface area (Å²) in [5, 5.41) is 25.5. The summed E-state index contributed by atoms with van der Waals surface area (Å²) >= 11 is 0. The van der Waals surface area contributed by atoms with Crippen molar-refractivity contribution in [2.75, 3.05) is 20.1 Å². The van der Waals surface area contributed by atoms with Crippen LogP contribution in [0.15, 0.2) is 30.5 Å². The Kier molecular flexibility index (Phi) is 11.5. The van der Waals surface area contributed by atoms with Crippen LogP contribution in [0, 0.1) is 11.3 Å². The molecular formula is C28H43N9O4. The number of nitrogens with one attached hydrogen (secondary N) is 8. The Morgan fingerprint density at radius 2 is 1.73 bits per heavy atom. The molecule has 10 N–H and O–H groups in total. The van der Waals surface area contributed by atoms with E-state index in [1.807, 2.05) is 38.1 Å². The molecule has 2 aromatic rings. The van der Waals surface area contributed by atoms with Crippen LogP contribution in [0.1, 0.15) is 45.1 Å². The van der Waals surface area contributed by atoms with Gasteiger partial charge in [0.25, 0.3) is 0 Å². The zero-order valence-electron chi connectivity index (χ0n) is 23.9. The number of carbonyl (C=O) groups excluding carboxylic acids is 4. The molecule has 1 aromatic heterocycles. The molecule has 0 aliphatic carbocycles. The number of rotatable bonds is 15. The molecule has 41 heavy (non-hydrogen) atoms. The van der Waals surface area contributed by atoms with E-state index < -0.39 is 35.8 Å². The Morgan fingerprint density at radius 1 is 1.05 bits per heavy atom. The molecule has 2 heterocycles. The van der Waals surface area contributed by atoms with Crippen LogP contribution in [0.2, 0.25) is 0 Å². The monoisotopic (exact) mass is 569 g/mol. The molecule has 1 aliphatic heterocycles. The van der Waals surface area contributed by atoms with Gasteiger partial charge in [0.15, 0.2) is 5.96 Å². The van der Waals surface area contributed by atoms with Crippen molar-refractivity contribution in [2.24, 2.45) is 11.7 Å². The minimum atomic E-state index is -1.01. The number of para-hydroxylation sites is 1. The maximum absolute atomic E-state index is 13.5. The number of amides is 4. The number of carbonyl (C=O) groups is 4. The van der Waals surface area contributed by atoms with Crippen LogP contribution >= 0.6 is 0 Å². The minimum Gasteiger partial charge on any atom is -0.368 e. The molecule has 13 heteroatoms. The lowest BCUT2D eigenvalue weighted by molar-refractivity contribution is -0.134. The number of aromatic amines is 1. The first-order chi connectivity index (χ1) is 19.6. The predicted octanol–water partition coefficient (Wildman–Crippen LogP) is -0.418. The highest BCUT2D eigenvalue weighted by Gasteiger charge is 2.32. The lowest BCUT2D eigenvalue weighted by Crippen LogP contribution is -2.60. The Hall–Kier alpha value is -4.13. The van der Waals surface area contributed by atoms with Crippen molar-refractivity contribution in [1.29, 1.82) is 5.41 Å². The largest absolute Gasteiger partial charge is 0.368 e. The first-order valence-corrected chi connectivity index (χ1v) is 14.1. The zero-order valence-corrected chi connectivity index (χ0v) is 23.9. The van der Waals surface area contributed by atoms with Gasteiger partial charge in [-0.05, 0) is 49.8 Å². The number of nitrogens with two attached hydrogens (primary N) is 1. The van der Waals surface area contributed by atoms with Gasteiger partial charge in [-0.2, -0.15) is 0 Å². The average Bonchev–Trinajstić information content (AvgIpc) is 3.30. The fraction of sp³-hybridized carbons (Fsp3) is 0.536. The van der Waals surface area contributed by atoms with Crippen LogP contribution in [0.25, 0.3) is 10.9 Å². The van der Waals surface area contributed by atoms with E-state index in [4.69, 9.17) is 11.1 Å². The Bertz CT molecular complexity index is 1220. The molecule has 1 aromatic carbocycles. The minimum absolute atomic E-state index is 0.111. The van der Waals surface area contributed by atoms with Crippen molar-refractivity contribution in [3.63, 3.8) is 0 Å². The maximum atomic E-state index is 13.5. The van der Waals surface area contributed by atoms with E-state index in [0.29, 0.717) is 25.8 Å². The van der Waals surface area contributed by atoms with Crippen molar-refractivity contribution < 1.29 is 19.2 Å². The third kappa shape index (κ3) is 9.20. The van der Waals surface area contributed by atoms with E-state index in [-0.39, 0.29) is 36.7 Å². The smallest absolute Gasteiger partial charge is 0.243 e. The van der Waals surface area contributed by atoms with Crippen molar-refractivity contribution >= 4 is 40.5 Å². The van der Waals surface area contributed by atoms with Crippen LogP contribution in [-0.2, 0) is 25.6 Å². The summed E-state index contributed by atoms with van der Waals surface area (Å²) < 4.78 is 0. The fourth-order valence-electron chi connectivity index (χ4n) is 4.65. The molecule has 0 bridgehead atoms. The van der Waals surface area contributed by atoms with Gasteiger partial charge in [0.05, 0.1) is 6.04 Å². The quantitative estimate of drug-likeness (QED) is 0.0786. The zero-order chi connectivity index (χ0) is 29.9. The van der Waals surface area contributed by atoms with Gasteiger partial charge >= 0.3 is 0 Å². The van der Waals surface area contributed by atoms with E-state index in [2.05, 4.69) is 36.9 Å². The van der Waals surface area contributed by atoms with Gasteiger partial charge in [-0.15, -0.1) is 0 Å². The lowest BCUT2D eigenvalue weighted by atomic mass is 10.00. The van der Waals surface area contributed by atoms with Crippen LogP contribution in [0.5, 0.6) is 0 Å². The topological polar surface area (TPSA) is 206 Å². The third-order valence-electron chi connectivity index (χ3n) is 7.09. The van der Waals surface area contributed by atoms with Gasteiger partial charge in [0, 0.05) is 37.1 Å². The molecular weight excluding hydrogens is 526 g/mol. The Labute approximate surface area is 240 Å². The van der Waals surface area contributed by atoms with Gasteiger partial charge in [-0.3, -0.25) is 24.6 Å². The van der Waals surface area contributed by atoms with E-state index >= 15 is 0 Å². The molecule has 1 aliphatic rings. The standard InChI is InChI=1S/C28H43N9O4/c1-16(2)13-23(37-25(39)20-10-12-32-20)27(41)35-21(9-6-11-33-28(30)31-3)26(40)36-22(24(29)38)14-17-15-34-19-8-5-4-7-18(17)19/h4-5,7-8,15-16,20-23,32,34H,6,9-14H2,1-3H3,(H2,29,38)(H,35,41)(H,36,40)(H,37,39)(H3,30,31,33)/t20-,21-,22-,23-/m0/s1. The van der Waals surface area contributed by atoms with Gasteiger partial charge < -0.3 is 42.6 Å². The molecule has 3 rings (SSSR count). The molecule has 4 amide bonds. The molecule has 0 spiro atoms. The second kappa shape index (κ2) is 15.0. The summed E-state index contributed by atoms with van der Waals surface area (Å²) in [4.78, 5) is 55.0. The lowest BCUT2D eigenvalue weighted by Gasteiger charge is -2.30. The molecule has 224 valence electrons. The predicted molar refractivity (Wildman–Crippen MR) is 157 cm³/mol. The summed E-state index contributed by atoms with van der Waals surface area (Å²) in [5.41, 5.74) is 7.40. The van der Waals surface area contributed by atoms with Gasteiger partial charge in [0.1, 0.15) is 18.1 Å². The van der Waals surface area contributed by atoms with E-state index in [1.165, 1.54) is 0 Å². The number of hydrogen-bond donors (Lipinski definition) is 9. The number of benzene rings is 1. The number of guanidine groups is 1. The first-order valence-electron chi connectivity index (χ1n) is 14.1. The summed E-state index contributed by atoms with van der Waals surface area (Å²) in [6.07, 6.45) is 3.72. The van der Waals surface area contributed by atoms with Crippen molar-refractivity contribution in [2.45, 2.75) is 70.1 Å². The number of primary amides is 1. The fourth-order valence-corrected chi connectivity index (χ4v) is 4.65. The Morgan fingerprint density at radius 3 is 2.37 bits per heavy atom. The normalized spacial score (nSPS) is 16.6. The molecule has 0 saturated carbocycles. The van der Waals surface area contributed by atoms with E-state index in [0.717, 1.165) is 23.0 Å². The second-order valence-electron chi connectivity index (χ2n) is 10.8. The molecule has 0 unspecified atom stereocenters. The second-order valence-corrected chi connectivity index (χ2v) is 10.8. The molecule has 1 fully saturated rings. The highest BCUT2D eigenvalue weighted by Crippen LogP contribution is 2.19. The van der Waals surface area contributed by atoms with Crippen LogP contribution < -0.4 is 37.6 Å². The highest BCUT2D eigenvalue weighted by atomic mass is 16.2. The van der Waals surface area contributed by atoms with Crippen LogP contribution in [0.4, 0.5) is 0 Å². The van der Waals surface area contributed by atoms with Crippen molar-refractivity contribution in [3.05, 3.63) is 36.0 Å². The van der Waals surface area contributed by atoms with Crippen LogP contribution in [-0.4, -0.2) is 78.9 Å². The van der Waals surface area contributed by atoms with Gasteiger partial charge in [-0.1, -0.05) is 32.0 Å². The molecule has 13 nitrogen and oxygen atoms in total. The summed E-state index contributed by atoms with van der Waals surface area (Å²) in [5.74, 6) is -1.74. The highest BCUT2D eigenvalue weighted by molar-refractivity contribution is 5.95. The molecule has 4 atom stereocenters. The molecule has 0 radical (unpaired) electrons. The van der Waals surface area contributed by atoms with E-state index in [9.17, 15) is 19.2 Å². The SMILES string of the molecule is CNC(=N)NCCC[C@H](NC(=O)[C@H](CC(C)C)NC(=O)[C@@H]1CCN1)C(=O)N[C@@H](Cc1c[nH]c2ccccc12)C(N)=O. The van der Waals surface area contributed by atoms with Gasteiger partial charge in [-0.25, -0.2) is 0 Å². The van der Waals surface area contributed by atoms with Crippen LogP contribution in [0.3, 0.4) is 0 Å². The van der Waals surface area contributed by atoms with Crippen molar-refractivity contribution in [1.82, 2.24) is 36.9 Å². The summed E-state index contributed by atoms with van der Waals surface area (Å²) in [6.45, 7) is 5.03. The van der Waals surface area contributed by atoms with Crippen molar-refractivity contribution in [3.8, 4) is 0 Å². The maximum Gasteiger partial charge on any atom is 0.243 e. The molecule has 1 saturated heterocycles. The Balaban J connectivity index is 1.73. The first kappa shape index (κ1) is 31.4. The number of aromatic nitrogens is 1. The summed E-state index contributed by atoms with van der Waals surface area (Å²) in [6, 6.07) is 4.46. The number of H-pyrrole nitrogens is 1. The van der Waals surface area contributed by atoms with Gasteiger partial charge in [0.2, 0.25) is 23.6 Å². The summed E-state index contributed by atoms with van der Waals surface area (Å²) in [7, 11) is 1.62. The van der Waals surface area contributed by atoms with E-state index in [1.54, 1.807) is 13.2 Å². The number of fused-ring (bicyclic) bond motifs is 1.